The summed E-state index contributed by atoms with van der Waals surface area (Å²) in [5, 5.41) is 3.65. The van der Waals surface area contributed by atoms with Crippen molar-refractivity contribution in [1.82, 2.24) is 19.4 Å². The summed E-state index contributed by atoms with van der Waals surface area (Å²) in [6.45, 7) is 3.30. The topological polar surface area (TPSA) is 81.1 Å². The van der Waals surface area contributed by atoms with Crippen LogP contribution in [0.3, 0.4) is 0 Å². The molecule has 1 saturated heterocycles. The number of ether oxygens (including phenoxy) is 3. The van der Waals surface area contributed by atoms with E-state index in [1.54, 1.807) is 24.1 Å². The number of halogens is 1. The molecule has 0 aliphatic carbocycles. The minimum Gasteiger partial charge on any atom is -0.493 e. The molecule has 2 heterocycles. The molecule has 3 aromatic carbocycles. The van der Waals surface area contributed by atoms with Crippen molar-refractivity contribution < 1.29 is 23.4 Å². The molecule has 44 heavy (non-hydrogen) atoms. The zero-order valence-electron chi connectivity index (χ0n) is 26.2. The number of fused-ring (bicyclic) bond motifs is 1. The molecule has 1 aliphatic rings. The fourth-order valence-corrected chi connectivity index (χ4v) is 6.03. The van der Waals surface area contributed by atoms with Crippen molar-refractivity contribution in [2.45, 2.75) is 31.2 Å². The molecular weight excluding hydrogens is 561 g/mol. The van der Waals surface area contributed by atoms with Gasteiger partial charge in [-0.1, -0.05) is 24.3 Å². The number of nitrogens with zero attached hydrogens (tertiary/aromatic N) is 4. The van der Waals surface area contributed by atoms with Gasteiger partial charge in [0.05, 0.1) is 32.4 Å². The van der Waals surface area contributed by atoms with Gasteiger partial charge in [0.15, 0.2) is 11.5 Å². The maximum absolute atomic E-state index is 13.8. The number of para-hydroxylation sites is 2. The smallest absolute Gasteiger partial charge is 0.253 e. The molecule has 1 fully saturated rings. The molecule has 1 aromatic heterocycles. The SMILES string of the molecule is COc1cc(C(=O)N(C)CC(CCN2CCC(Nc3nc4ccccc4n3C)CC2)c2ccc(F)cc2)cc(OC)c1OC. The van der Waals surface area contributed by atoms with Crippen LogP contribution in [0.2, 0.25) is 0 Å². The van der Waals surface area contributed by atoms with Gasteiger partial charge in [-0.25, -0.2) is 9.37 Å². The van der Waals surface area contributed by atoms with E-state index in [4.69, 9.17) is 19.2 Å². The Balaban J connectivity index is 1.22. The number of likely N-dealkylation sites (N-methyl/N-ethyl adjacent to an activating group) is 1. The molecule has 10 heteroatoms. The summed E-state index contributed by atoms with van der Waals surface area (Å²) in [5.74, 6) is 1.78. The average molecular weight is 604 g/mol. The molecule has 5 rings (SSSR count). The van der Waals surface area contributed by atoms with Crippen molar-refractivity contribution in [3.8, 4) is 17.2 Å². The van der Waals surface area contributed by atoms with Gasteiger partial charge in [-0.3, -0.25) is 4.79 Å². The zero-order chi connectivity index (χ0) is 31.2. The van der Waals surface area contributed by atoms with E-state index in [1.807, 2.05) is 37.4 Å². The number of anilines is 1. The van der Waals surface area contributed by atoms with Crippen molar-refractivity contribution in [3.63, 3.8) is 0 Å². The van der Waals surface area contributed by atoms with E-state index in [-0.39, 0.29) is 17.6 Å². The Morgan fingerprint density at radius 3 is 2.30 bits per heavy atom. The number of benzene rings is 3. The maximum Gasteiger partial charge on any atom is 0.253 e. The fraction of sp³-hybridized carbons (Fsp3) is 0.412. The van der Waals surface area contributed by atoms with Crippen molar-refractivity contribution in [2.75, 3.05) is 59.9 Å². The Morgan fingerprint density at radius 2 is 1.68 bits per heavy atom. The first-order chi connectivity index (χ1) is 21.3. The average Bonchev–Trinajstić information content (AvgIpc) is 3.37. The fourth-order valence-electron chi connectivity index (χ4n) is 6.03. The number of likely N-dealkylation sites (tertiary alicyclic amines) is 1. The summed E-state index contributed by atoms with van der Waals surface area (Å²) in [5.41, 5.74) is 3.56. The first-order valence-corrected chi connectivity index (χ1v) is 15.0. The van der Waals surface area contributed by atoms with Crippen LogP contribution in [0.5, 0.6) is 17.2 Å². The second kappa shape index (κ2) is 14.0. The van der Waals surface area contributed by atoms with Crippen molar-refractivity contribution in [2.24, 2.45) is 7.05 Å². The molecule has 1 aliphatic heterocycles. The summed E-state index contributed by atoms with van der Waals surface area (Å²) in [6.07, 6.45) is 2.87. The summed E-state index contributed by atoms with van der Waals surface area (Å²) in [6, 6.07) is 18.5. The summed E-state index contributed by atoms with van der Waals surface area (Å²) in [7, 11) is 8.42. The van der Waals surface area contributed by atoms with Crippen molar-refractivity contribution >= 4 is 22.9 Å². The molecule has 1 amide bonds. The second-order valence-corrected chi connectivity index (χ2v) is 11.4. The second-order valence-electron chi connectivity index (χ2n) is 11.4. The van der Waals surface area contributed by atoms with E-state index in [9.17, 15) is 9.18 Å². The van der Waals surface area contributed by atoms with Gasteiger partial charge in [0, 0.05) is 51.3 Å². The Morgan fingerprint density at radius 1 is 1.02 bits per heavy atom. The quantitative estimate of drug-likeness (QED) is 0.227. The molecule has 1 N–H and O–H groups in total. The van der Waals surface area contributed by atoms with E-state index >= 15 is 0 Å². The van der Waals surface area contributed by atoms with Gasteiger partial charge in [-0.05, 0) is 67.8 Å². The largest absolute Gasteiger partial charge is 0.493 e. The number of aryl methyl sites for hydroxylation is 1. The lowest BCUT2D eigenvalue weighted by Gasteiger charge is -2.34. The van der Waals surface area contributed by atoms with Gasteiger partial charge in [0.2, 0.25) is 11.7 Å². The number of amides is 1. The number of methoxy groups -OCH3 is 3. The van der Waals surface area contributed by atoms with E-state index in [0.29, 0.717) is 35.4 Å². The molecule has 4 aromatic rings. The Hall–Kier alpha value is -4.31. The lowest BCUT2D eigenvalue weighted by molar-refractivity contribution is 0.0781. The van der Waals surface area contributed by atoms with Crippen LogP contribution >= 0.6 is 0 Å². The van der Waals surface area contributed by atoms with E-state index in [1.165, 1.54) is 33.5 Å². The predicted molar refractivity (Wildman–Crippen MR) is 171 cm³/mol. The number of nitrogens with one attached hydrogen (secondary N) is 1. The number of rotatable bonds is 12. The van der Waals surface area contributed by atoms with Gasteiger partial charge >= 0.3 is 0 Å². The van der Waals surface area contributed by atoms with Gasteiger partial charge < -0.3 is 33.9 Å². The third kappa shape index (κ3) is 6.91. The molecule has 0 spiro atoms. The summed E-state index contributed by atoms with van der Waals surface area (Å²) in [4.78, 5) is 22.5. The van der Waals surface area contributed by atoms with Gasteiger partial charge in [-0.15, -0.1) is 0 Å². The van der Waals surface area contributed by atoms with Crippen LogP contribution in [0.1, 0.15) is 41.1 Å². The molecule has 234 valence electrons. The van der Waals surface area contributed by atoms with E-state index in [2.05, 4.69) is 20.9 Å². The lowest BCUT2D eigenvalue weighted by atomic mass is 9.94. The minimum absolute atomic E-state index is 0.0300. The minimum atomic E-state index is -0.274. The van der Waals surface area contributed by atoms with E-state index in [0.717, 1.165) is 61.4 Å². The highest BCUT2D eigenvalue weighted by Gasteiger charge is 2.25. The summed E-state index contributed by atoms with van der Waals surface area (Å²) < 4.78 is 32.2. The highest BCUT2D eigenvalue weighted by atomic mass is 19.1. The molecule has 0 radical (unpaired) electrons. The Bertz CT molecular complexity index is 1540. The molecule has 0 saturated carbocycles. The number of piperidine rings is 1. The molecule has 1 unspecified atom stereocenters. The molecule has 0 bridgehead atoms. The monoisotopic (exact) mass is 603 g/mol. The third-order valence-electron chi connectivity index (χ3n) is 8.60. The normalized spacial score (nSPS) is 14.8. The van der Waals surface area contributed by atoms with Crippen molar-refractivity contribution in [3.05, 3.63) is 77.6 Å². The zero-order valence-corrected chi connectivity index (χ0v) is 26.2. The highest BCUT2D eigenvalue weighted by molar-refractivity contribution is 5.95. The Kier molecular flexibility index (Phi) is 9.89. The number of carbonyl (C=O) groups excluding carboxylic acids is 1. The predicted octanol–water partition coefficient (Wildman–Crippen LogP) is 5.56. The van der Waals surface area contributed by atoms with Crippen LogP contribution in [0.25, 0.3) is 11.0 Å². The Labute approximate surface area is 258 Å². The van der Waals surface area contributed by atoms with Crippen LogP contribution < -0.4 is 19.5 Å². The summed E-state index contributed by atoms with van der Waals surface area (Å²) >= 11 is 0. The van der Waals surface area contributed by atoms with Crippen LogP contribution in [-0.4, -0.2) is 85.9 Å². The molecular formula is C34H42FN5O4. The third-order valence-corrected chi connectivity index (χ3v) is 8.60. The first-order valence-electron chi connectivity index (χ1n) is 15.0. The molecule has 1 atom stereocenters. The number of imidazole rings is 1. The number of hydrogen-bond acceptors (Lipinski definition) is 7. The van der Waals surface area contributed by atoms with Crippen LogP contribution in [0, 0.1) is 5.82 Å². The number of carbonyl (C=O) groups is 1. The molecule has 9 nitrogen and oxygen atoms in total. The van der Waals surface area contributed by atoms with Gasteiger partial charge in [-0.2, -0.15) is 0 Å². The maximum atomic E-state index is 13.8. The van der Waals surface area contributed by atoms with Crippen molar-refractivity contribution in [1.29, 1.82) is 0 Å². The first kappa shape index (κ1) is 31.1. The van der Waals surface area contributed by atoms with Crippen LogP contribution in [0.4, 0.5) is 10.3 Å². The number of hydrogen-bond donors (Lipinski definition) is 1. The standard InChI is InChI=1S/C34H42FN5O4/c1-38(33(41)25-20-30(42-3)32(44-5)31(21-25)43-4)22-24(23-10-12-26(35)13-11-23)14-17-40-18-15-27(16-19-40)36-34-37-28-8-6-7-9-29(28)39(34)2/h6-13,20-21,24,27H,14-19,22H2,1-5H3,(H,36,37). The number of aromatic nitrogens is 2. The van der Waals surface area contributed by atoms with Gasteiger partial charge in [0.1, 0.15) is 5.82 Å². The highest BCUT2D eigenvalue weighted by Crippen LogP contribution is 2.38. The van der Waals surface area contributed by atoms with Crippen LogP contribution in [0.15, 0.2) is 60.7 Å². The van der Waals surface area contributed by atoms with Gasteiger partial charge in [0.25, 0.3) is 5.91 Å². The lowest BCUT2D eigenvalue weighted by Crippen LogP contribution is -2.40. The van der Waals surface area contributed by atoms with Crippen LogP contribution in [-0.2, 0) is 7.05 Å². The van der Waals surface area contributed by atoms with E-state index < -0.39 is 0 Å².